The number of rotatable bonds is 8. The molecule has 1 unspecified atom stereocenters. The van der Waals surface area contributed by atoms with Crippen LogP contribution in [0, 0.1) is 0 Å². The van der Waals surface area contributed by atoms with E-state index in [9.17, 15) is 5.11 Å². The standard InChI is InChI=1S/C17H26BrNO3/c1-17(21-10-11-22-17)8-3-4-9-19(2)16(13-20)14-6-5-7-15(18)12-14/h5-7,12,16,20H,3-4,8-11,13H2,1-2H3. The van der Waals surface area contributed by atoms with Gasteiger partial charge < -0.3 is 14.6 Å². The van der Waals surface area contributed by atoms with Crippen molar-refractivity contribution in [1.82, 2.24) is 4.90 Å². The molecule has 0 radical (unpaired) electrons. The summed E-state index contributed by atoms with van der Waals surface area (Å²) in [4.78, 5) is 2.21. The van der Waals surface area contributed by atoms with Crippen LogP contribution in [0.4, 0.5) is 0 Å². The number of nitrogens with zero attached hydrogens (tertiary/aromatic N) is 1. The summed E-state index contributed by atoms with van der Waals surface area (Å²) in [6, 6.07) is 8.17. The van der Waals surface area contributed by atoms with Crippen LogP contribution in [-0.4, -0.2) is 49.2 Å². The van der Waals surface area contributed by atoms with Gasteiger partial charge in [0.2, 0.25) is 0 Å². The molecular formula is C17H26BrNO3. The number of likely N-dealkylation sites (N-methyl/N-ethyl adjacent to an activating group) is 1. The summed E-state index contributed by atoms with van der Waals surface area (Å²) in [5, 5.41) is 9.71. The van der Waals surface area contributed by atoms with E-state index >= 15 is 0 Å². The molecule has 0 saturated carbocycles. The first-order chi connectivity index (χ1) is 10.5. The highest BCUT2D eigenvalue weighted by molar-refractivity contribution is 9.10. The van der Waals surface area contributed by atoms with Gasteiger partial charge in [-0.1, -0.05) is 28.1 Å². The predicted molar refractivity (Wildman–Crippen MR) is 90.8 cm³/mol. The molecule has 0 amide bonds. The number of hydrogen-bond acceptors (Lipinski definition) is 4. The highest BCUT2D eigenvalue weighted by Crippen LogP contribution is 2.26. The van der Waals surface area contributed by atoms with Crippen LogP contribution in [0.3, 0.4) is 0 Å². The Bertz CT molecular complexity index is 463. The van der Waals surface area contributed by atoms with Crippen LogP contribution >= 0.6 is 15.9 Å². The number of benzene rings is 1. The Hall–Kier alpha value is -0.460. The van der Waals surface area contributed by atoms with E-state index in [0.29, 0.717) is 13.2 Å². The third-order valence-electron chi connectivity index (χ3n) is 4.23. The second kappa shape index (κ2) is 8.41. The van der Waals surface area contributed by atoms with E-state index in [2.05, 4.69) is 40.0 Å². The van der Waals surface area contributed by atoms with Crippen LogP contribution in [0.25, 0.3) is 0 Å². The molecule has 0 aromatic heterocycles. The van der Waals surface area contributed by atoms with Gasteiger partial charge in [-0.3, -0.25) is 4.90 Å². The molecule has 1 aromatic rings. The van der Waals surface area contributed by atoms with E-state index in [0.717, 1.165) is 35.8 Å². The lowest BCUT2D eigenvalue weighted by atomic mass is 10.1. The molecule has 0 bridgehead atoms. The van der Waals surface area contributed by atoms with Gasteiger partial charge in [0.25, 0.3) is 0 Å². The lowest BCUT2D eigenvalue weighted by Gasteiger charge is -2.28. The fourth-order valence-corrected chi connectivity index (χ4v) is 3.29. The normalized spacial score (nSPS) is 18.8. The lowest BCUT2D eigenvalue weighted by molar-refractivity contribution is -0.147. The van der Waals surface area contributed by atoms with Gasteiger partial charge in [-0.05, 0) is 51.1 Å². The van der Waals surface area contributed by atoms with E-state index in [4.69, 9.17) is 9.47 Å². The highest BCUT2D eigenvalue weighted by atomic mass is 79.9. The molecule has 1 saturated heterocycles. The van der Waals surface area contributed by atoms with Crippen molar-refractivity contribution in [2.24, 2.45) is 0 Å². The molecule has 1 heterocycles. The van der Waals surface area contributed by atoms with Crippen molar-refractivity contribution in [2.45, 2.75) is 38.0 Å². The summed E-state index contributed by atoms with van der Waals surface area (Å²) >= 11 is 3.49. The molecule has 2 rings (SSSR count). The summed E-state index contributed by atoms with van der Waals surface area (Å²) in [6.07, 6.45) is 3.03. The molecule has 1 fully saturated rings. The molecule has 1 aliphatic rings. The number of hydrogen-bond donors (Lipinski definition) is 1. The van der Waals surface area contributed by atoms with Crippen LogP contribution in [0.15, 0.2) is 28.7 Å². The third-order valence-corrected chi connectivity index (χ3v) is 4.72. The van der Waals surface area contributed by atoms with Crippen molar-refractivity contribution in [2.75, 3.05) is 33.4 Å². The average Bonchev–Trinajstić information content (AvgIpc) is 2.92. The summed E-state index contributed by atoms with van der Waals surface area (Å²) in [7, 11) is 2.06. The van der Waals surface area contributed by atoms with E-state index < -0.39 is 0 Å². The predicted octanol–water partition coefficient (Wildman–Crippen LogP) is 3.35. The maximum atomic E-state index is 9.71. The minimum absolute atomic E-state index is 0.0343. The maximum Gasteiger partial charge on any atom is 0.165 e. The first-order valence-electron chi connectivity index (χ1n) is 7.88. The van der Waals surface area contributed by atoms with E-state index in [1.54, 1.807) is 0 Å². The number of ether oxygens (including phenoxy) is 2. The van der Waals surface area contributed by atoms with Gasteiger partial charge in [-0.15, -0.1) is 0 Å². The number of aliphatic hydroxyl groups excluding tert-OH is 1. The van der Waals surface area contributed by atoms with Gasteiger partial charge in [0.05, 0.1) is 25.9 Å². The van der Waals surface area contributed by atoms with E-state index in [1.807, 2.05) is 19.1 Å². The van der Waals surface area contributed by atoms with Gasteiger partial charge in [-0.2, -0.15) is 0 Å². The van der Waals surface area contributed by atoms with Gasteiger partial charge >= 0.3 is 0 Å². The second-order valence-corrected chi connectivity index (χ2v) is 6.94. The number of halogens is 1. The van der Waals surface area contributed by atoms with Crippen LogP contribution in [0.1, 0.15) is 37.8 Å². The summed E-state index contributed by atoms with van der Waals surface area (Å²) in [5.74, 6) is -0.390. The fraction of sp³-hybridized carbons (Fsp3) is 0.647. The molecular weight excluding hydrogens is 346 g/mol. The zero-order chi connectivity index (χ0) is 16.0. The molecule has 0 spiro atoms. The Morgan fingerprint density at radius 1 is 1.32 bits per heavy atom. The molecule has 22 heavy (non-hydrogen) atoms. The Labute approximate surface area is 141 Å². The Morgan fingerprint density at radius 2 is 2.05 bits per heavy atom. The Balaban J connectivity index is 1.78. The third kappa shape index (κ3) is 5.03. The van der Waals surface area contributed by atoms with Gasteiger partial charge in [-0.25, -0.2) is 0 Å². The molecule has 1 N–H and O–H groups in total. The molecule has 4 nitrogen and oxygen atoms in total. The summed E-state index contributed by atoms with van der Waals surface area (Å²) < 4.78 is 12.3. The van der Waals surface area contributed by atoms with Gasteiger partial charge in [0.1, 0.15) is 0 Å². The van der Waals surface area contributed by atoms with Crippen LogP contribution < -0.4 is 0 Å². The van der Waals surface area contributed by atoms with Gasteiger partial charge in [0.15, 0.2) is 5.79 Å². The topological polar surface area (TPSA) is 41.9 Å². The first kappa shape index (κ1) is 17.9. The molecule has 124 valence electrons. The smallest absolute Gasteiger partial charge is 0.165 e. The van der Waals surface area contributed by atoms with Crippen LogP contribution in [0.5, 0.6) is 0 Å². The average molecular weight is 372 g/mol. The van der Waals surface area contributed by atoms with Crippen molar-refractivity contribution in [3.63, 3.8) is 0 Å². The van der Waals surface area contributed by atoms with Crippen molar-refractivity contribution in [1.29, 1.82) is 0 Å². The number of aliphatic hydroxyl groups is 1. The summed E-state index contributed by atoms with van der Waals surface area (Å²) in [6.45, 7) is 4.48. The Kier molecular flexibility index (Phi) is 6.84. The van der Waals surface area contributed by atoms with Crippen molar-refractivity contribution >= 4 is 15.9 Å². The van der Waals surface area contributed by atoms with Crippen LogP contribution in [0.2, 0.25) is 0 Å². The van der Waals surface area contributed by atoms with Crippen molar-refractivity contribution < 1.29 is 14.6 Å². The van der Waals surface area contributed by atoms with Gasteiger partial charge in [0, 0.05) is 10.9 Å². The monoisotopic (exact) mass is 371 g/mol. The SMILES string of the molecule is CN(CCCCC1(C)OCCO1)C(CO)c1cccc(Br)c1. The largest absolute Gasteiger partial charge is 0.394 e. The maximum absolute atomic E-state index is 9.71. The Morgan fingerprint density at radius 3 is 2.68 bits per heavy atom. The lowest BCUT2D eigenvalue weighted by Crippen LogP contribution is -2.29. The van der Waals surface area contributed by atoms with Crippen LogP contribution in [-0.2, 0) is 9.47 Å². The molecule has 1 atom stereocenters. The fourth-order valence-electron chi connectivity index (χ4n) is 2.88. The molecule has 1 aliphatic heterocycles. The van der Waals surface area contributed by atoms with Crippen molar-refractivity contribution in [3.05, 3.63) is 34.3 Å². The van der Waals surface area contributed by atoms with Crippen molar-refractivity contribution in [3.8, 4) is 0 Å². The second-order valence-electron chi connectivity index (χ2n) is 6.02. The minimum atomic E-state index is -0.390. The molecule has 1 aromatic carbocycles. The van der Waals surface area contributed by atoms with E-state index in [-0.39, 0.29) is 18.4 Å². The zero-order valence-electron chi connectivity index (χ0n) is 13.4. The molecule has 5 heteroatoms. The number of unbranched alkanes of at least 4 members (excludes halogenated alkanes) is 1. The minimum Gasteiger partial charge on any atom is -0.394 e. The first-order valence-corrected chi connectivity index (χ1v) is 8.68. The highest BCUT2D eigenvalue weighted by Gasteiger charge is 2.30. The zero-order valence-corrected chi connectivity index (χ0v) is 15.0. The summed E-state index contributed by atoms with van der Waals surface area (Å²) in [5.41, 5.74) is 1.13. The van der Waals surface area contributed by atoms with E-state index in [1.165, 1.54) is 0 Å². The molecule has 0 aliphatic carbocycles. The quantitative estimate of drug-likeness (QED) is 0.711.